The normalized spacial score (nSPS) is 24.9. The first-order valence-electron chi connectivity index (χ1n) is 4.73. The van der Waals surface area contributed by atoms with Crippen LogP contribution in [-0.4, -0.2) is 11.0 Å². The van der Waals surface area contributed by atoms with Crippen LogP contribution in [-0.2, 0) is 10.3 Å². The molecular formula is C11H12N2OS. The molecule has 1 heterocycles. The fourth-order valence-electron chi connectivity index (χ4n) is 1.70. The zero-order chi connectivity index (χ0) is 11.1. The van der Waals surface area contributed by atoms with E-state index < -0.39 is 5.54 Å². The SMILES string of the molecule is Cc1cccc(C2(C)NC(=S)NC2=O)c1. The molecule has 1 amide bonds. The Hall–Kier alpha value is -1.42. The van der Waals surface area contributed by atoms with E-state index in [4.69, 9.17) is 12.2 Å². The molecule has 3 nitrogen and oxygen atoms in total. The maximum absolute atomic E-state index is 11.8. The van der Waals surface area contributed by atoms with Crippen LogP contribution in [0, 0.1) is 6.92 Å². The van der Waals surface area contributed by atoms with Crippen molar-refractivity contribution in [3.63, 3.8) is 0 Å². The molecule has 1 fully saturated rings. The van der Waals surface area contributed by atoms with Crippen molar-refractivity contribution in [2.75, 3.05) is 0 Å². The molecule has 78 valence electrons. The van der Waals surface area contributed by atoms with Crippen LogP contribution in [0.5, 0.6) is 0 Å². The smallest absolute Gasteiger partial charge is 0.256 e. The van der Waals surface area contributed by atoms with Gasteiger partial charge in [-0.25, -0.2) is 0 Å². The van der Waals surface area contributed by atoms with Gasteiger partial charge in [0.1, 0.15) is 5.54 Å². The molecule has 15 heavy (non-hydrogen) atoms. The summed E-state index contributed by atoms with van der Waals surface area (Å²) in [4.78, 5) is 11.8. The van der Waals surface area contributed by atoms with Gasteiger partial charge in [0.05, 0.1) is 0 Å². The summed E-state index contributed by atoms with van der Waals surface area (Å²) in [5.41, 5.74) is 1.32. The molecule has 1 atom stereocenters. The molecule has 0 aliphatic carbocycles. The predicted octanol–water partition coefficient (Wildman–Crippen LogP) is 1.21. The fourth-order valence-corrected chi connectivity index (χ4v) is 2.00. The summed E-state index contributed by atoms with van der Waals surface area (Å²) in [5, 5.41) is 5.99. The van der Waals surface area contributed by atoms with Crippen LogP contribution >= 0.6 is 12.2 Å². The molecule has 4 heteroatoms. The summed E-state index contributed by atoms with van der Waals surface area (Å²) in [5.74, 6) is -0.0990. The number of hydrogen-bond donors (Lipinski definition) is 2. The lowest BCUT2D eigenvalue weighted by Crippen LogP contribution is -2.40. The van der Waals surface area contributed by atoms with Gasteiger partial charge in [-0.3, -0.25) is 4.79 Å². The van der Waals surface area contributed by atoms with E-state index in [0.717, 1.165) is 11.1 Å². The maximum atomic E-state index is 11.8. The largest absolute Gasteiger partial charge is 0.345 e. The van der Waals surface area contributed by atoms with E-state index in [1.807, 2.05) is 38.1 Å². The van der Waals surface area contributed by atoms with Crippen LogP contribution in [0.1, 0.15) is 18.1 Å². The van der Waals surface area contributed by atoms with E-state index in [0.29, 0.717) is 5.11 Å². The molecule has 1 saturated heterocycles. The Morgan fingerprint density at radius 2 is 2.13 bits per heavy atom. The average Bonchev–Trinajstić information content (AvgIpc) is 2.42. The van der Waals surface area contributed by atoms with Crippen molar-refractivity contribution in [2.45, 2.75) is 19.4 Å². The van der Waals surface area contributed by atoms with E-state index in [1.165, 1.54) is 0 Å². The van der Waals surface area contributed by atoms with Crippen LogP contribution in [0.2, 0.25) is 0 Å². The van der Waals surface area contributed by atoms with Gasteiger partial charge in [0.2, 0.25) is 0 Å². The predicted molar refractivity (Wildman–Crippen MR) is 62.4 cm³/mol. The minimum atomic E-state index is -0.733. The van der Waals surface area contributed by atoms with Crippen molar-refractivity contribution in [3.05, 3.63) is 35.4 Å². The van der Waals surface area contributed by atoms with Crippen molar-refractivity contribution in [1.29, 1.82) is 0 Å². The molecule has 0 saturated carbocycles. The van der Waals surface area contributed by atoms with Gasteiger partial charge < -0.3 is 10.6 Å². The average molecular weight is 220 g/mol. The Kier molecular flexibility index (Phi) is 2.23. The highest BCUT2D eigenvalue weighted by Crippen LogP contribution is 2.24. The van der Waals surface area contributed by atoms with Crippen LogP contribution < -0.4 is 10.6 Å². The van der Waals surface area contributed by atoms with E-state index in [2.05, 4.69) is 10.6 Å². The lowest BCUT2D eigenvalue weighted by Gasteiger charge is -2.21. The monoisotopic (exact) mass is 220 g/mol. The van der Waals surface area contributed by atoms with E-state index in [1.54, 1.807) is 0 Å². The minimum absolute atomic E-state index is 0.0990. The summed E-state index contributed by atoms with van der Waals surface area (Å²) < 4.78 is 0. The second kappa shape index (κ2) is 3.31. The van der Waals surface area contributed by atoms with E-state index >= 15 is 0 Å². The number of carbonyl (C=O) groups excluding carboxylic acids is 1. The number of nitrogens with one attached hydrogen (secondary N) is 2. The van der Waals surface area contributed by atoms with Crippen molar-refractivity contribution in [3.8, 4) is 0 Å². The summed E-state index contributed by atoms with van der Waals surface area (Å²) in [7, 11) is 0. The van der Waals surface area contributed by atoms with Gasteiger partial charge in [-0.1, -0.05) is 29.8 Å². The number of benzene rings is 1. The van der Waals surface area contributed by atoms with Gasteiger partial charge in [-0.2, -0.15) is 0 Å². The summed E-state index contributed by atoms with van der Waals surface area (Å²) >= 11 is 4.93. The Balaban J connectivity index is 2.46. The Bertz CT molecular complexity index is 444. The van der Waals surface area contributed by atoms with Crippen LogP contribution in [0.25, 0.3) is 0 Å². The van der Waals surface area contributed by atoms with E-state index in [-0.39, 0.29) is 5.91 Å². The van der Waals surface area contributed by atoms with Gasteiger partial charge in [0.15, 0.2) is 5.11 Å². The topological polar surface area (TPSA) is 41.1 Å². The molecular weight excluding hydrogens is 208 g/mol. The van der Waals surface area contributed by atoms with E-state index in [9.17, 15) is 4.79 Å². The molecule has 1 aromatic rings. The Labute approximate surface area is 93.9 Å². The summed E-state index contributed by atoms with van der Waals surface area (Å²) in [6, 6.07) is 7.85. The highest BCUT2D eigenvalue weighted by atomic mass is 32.1. The Morgan fingerprint density at radius 3 is 2.67 bits per heavy atom. The maximum Gasteiger partial charge on any atom is 0.256 e. The number of rotatable bonds is 1. The molecule has 0 bridgehead atoms. The highest BCUT2D eigenvalue weighted by Gasteiger charge is 2.41. The number of carbonyl (C=O) groups is 1. The molecule has 0 radical (unpaired) electrons. The number of amides is 1. The zero-order valence-corrected chi connectivity index (χ0v) is 9.44. The number of aryl methyl sites for hydroxylation is 1. The van der Waals surface area contributed by atoms with Crippen LogP contribution in [0.4, 0.5) is 0 Å². The fraction of sp³-hybridized carbons (Fsp3) is 0.273. The van der Waals surface area contributed by atoms with Gasteiger partial charge in [-0.05, 0) is 31.6 Å². The van der Waals surface area contributed by atoms with Gasteiger partial charge in [0, 0.05) is 0 Å². The van der Waals surface area contributed by atoms with Crippen molar-refractivity contribution >= 4 is 23.2 Å². The molecule has 1 aliphatic rings. The van der Waals surface area contributed by atoms with Crippen molar-refractivity contribution in [2.24, 2.45) is 0 Å². The van der Waals surface area contributed by atoms with Crippen LogP contribution in [0.15, 0.2) is 24.3 Å². The molecule has 2 rings (SSSR count). The first-order chi connectivity index (χ1) is 7.02. The molecule has 0 spiro atoms. The quantitative estimate of drug-likeness (QED) is 0.699. The summed E-state index contributed by atoms with van der Waals surface area (Å²) in [6.45, 7) is 3.83. The molecule has 2 N–H and O–H groups in total. The lowest BCUT2D eigenvalue weighted by molar-refractivity contribution is -0.123. The molecule has 1 aliphatic heterocycles. The highest BCUT2D eigenvalue weighted by molar-refractivity contribution is 7.80. The van der Waals surface area contributed by atoms with Gasteiger partial charge >= 0.3 is 0 Å². The summed E-state index contributed by atoms with van der Waals surface area (Å²) in [6.07, 6.45) is 0. The first-order valence-corrected chi connectivity index (χ1v) is 5.14. The van der Waals surface area contributed by atoms with Crippen LogP contribution in [0.3, 0.4) is 0 Å². The van der Waals surface area contributed by atoms with Crippen molar-refractivity contribution < 1.29 is 4.79 Å². The zero-order valence-electron chi connectivity index (χ0n) is 8.63. The molecule has 1 aromatic carbocycles. The number of thiocarbonyl (C=S) groups is 1. The minimum Gasteiger partial charge on any atom is -0.345 e. The number of hydrogen-bond acceptors (Lipinski definition) is 2. The van der Waals surface area contributed by atoms with Gasteiger partial charge in [0.25, 0.3) is 5.91 Å². The Morgan fingerprint density at radius 1 is 1.40 bits per heavy atom. The third kappa shape index (κ3) is 1.61. The standard InChI is InChI=1S/C11H12N2OS/c1-7-4-3-5-8(6-7)11(2)9(14)12-10(15)13-11/h3-6H,1-2H3,(H2,12,13,14,15). The molecule has 0 aromatic heterocycles. The van der Waals surface area contributed by atoms with Crippen molar-refractivity contribution in [1.82, 2.24) is 10.6 Å². The second-order valence-electron chi connectivity index (χ2n) is 3.90. The lowest BCUT2D eigenvalue weighted by atomic mass is 9.91. The van der Waals surface area contributed by atoms with Gasteiger partial charge in [-0.15, -0.1) is 0 Å². The molecule has 1 unspecified atom stereocenters. The first kappa shape index (κ1) is 10.1. The third-order valence-corrected chi connectivity index (χ3v) is 2.84. The third-order valence-electron chi connectivity index (χ3n) is 2.64. The second-order valence-corrected chi connectivity index (χ2v) is 4.31.